The van der Waals surface area contributed by atoms with Crippen LogP contribution >= 0.6 is 0 Å². The predicted molar refractivity (Wildman–Crippen MR) is 5.81 cm³/mol. The van der Waals surface area contributed by atoms with Crippen molar-refractivity contribution in [2.24, 2.45) is 0 Å². The Morgan fingerprint density at radius 1 is 1.33 bits per heavy atom. The Balaban J connectivity index is -0.0000000720. The molecule has 0 bridgehead atoms. The van der Waals surface area contributed by atoms with Crippen molar-refractivity contribution in [3.8, 4) is 0 Å². The van der Waals surface area contributed by atoms with Gasteiger partial charge in [0.1, 0.15) is 0 Å². The Morgan fingerprint density at radius 3 is 1.33 bits per heavy atom. The normalized spacial score (nSPS) is 5.78. The summed E-state index contributed by atoms with van der Waals surface area (Å²) in [5.41, 5.74) is 0. The molecule has 0 atom stereocenters. The largest absolute Gasteiger partial charge is 2.00 e. The molecule has 0 saturated carbocycles. The summed E-state index contributed by atoms with van der Waals surface area (Å²) in [7, 11) is 0. The Morgan fingerprint density at radius 2 is 1.33 bits per heavy atom. The summed E-state index contributed by atoms with van der Waals surface area (Å²) in [5, 5.41) is 0. The number of hydrogen-bond donors (Lipinski definition) is 2. The van der Waals surface area contributed by atoms with Gasteiger partial charge < -0.3 is 0 Å². The van der Waals surface area contributed by atoms with Gasteiger partial charge in [0.15, 0.2) is 0 Å². The van der Waals surface area contributed by atoms with Crippen LogP contribution in [0.1, 0.15) is 0 Å². The minimum absolute atomic E-state index is 0. The molecule has 48 valence electrons. The van der Waals surface area contributed by atoms with Gasteiger partial charge in [0, 0.05) is 0 Å². The maximum absolute atomic E-state index is 8.81. The fraction of sp³-hybridized carbons (Fsp3) is 0. The molecule has 0 radical (unpaired) electrons. The second-order valence-electron chi connectivity index (χ2n) is 0.533. The van der Waals surface area contributed by atoms with Gasteiger partial charge >= 0.3 is 80.6 Å². The topological polar surface area (TPSA) is 121 Å². The zero-order valence-corrected chi connectivity index (χ0v) is 11.2. The molecule has 0 fully saturated rings. The Kier molecular flexibility index (Phi) is 23.3. The first-order valence-electron chi connectivity index (χ1n) is 1.26. The predicted octanol–water partition coefficient (Wildman–Crippen LogP) is -3.74. The van der Waals surface area contributed by atoms with Crippen molar-refractivity contribution in [2.75, 3.05) is 0 Å². The van der Waals surface area contributed by atoms with E-state index in [2.05, 4.69) is 0 Å². The van der Waals surface area contributed by atoms with Gasteiger partial charge in [0.25, 0.3) is 0 Å². The number of rotatable bonds is 0. The van der Waals surface area contributed by atoms with Crippen LogP contribution in [0.2, 0.25) is 0 Å². The van der Waals surface area contributed by atoms with Crippen molar-refractivity contribution in [1.82, 2.24) is 0 Å². The summed E-state index contributed by atoms with van der Waals surface area (Å²) in [6, 6.07) is 0. The fourth-order valence-corrected chi connectivity index (χ4v) is 0. The van der Waals surface area contributed by atoms with E-state index < -0.39 is 41.3 Å². The van der Waals surface area contributed by atoms with Crippen LogP contribution in [-0.2, 0) is 66.9 Å². The zero-order chi connectivity index (χ0) is 7.15. The third-order valence-electron chi connectivity index (χ3n) is 0. The van der Waals surface area contributed by atoms with E-state index in [1.165, 1.54) is 0 Å². The molecule has 0 saturated heterocycles. The van der Waals surface area contributed by atoms with Crippen LogP contribution in [0, 0.1) is 0 Å². The Labute approximate surface area is 79.7 Å². The molecule has 0 spiro atoms. The van der Waals surface area contributed by atoms with E-state index in [0.29, 0.717) is 0 Å². The summed E-state index contributed by atoms with van der Waals surface area (Å²) >= 11 is -7.88. The van der Waals surface area contributed by atoms with Gasteiger partial charge in [0.05, 0.1) is 0 Å². The van der Waals surface area contributed by atoms with E-state index in [0.717, 1.165) is 0 Å². The zero-order valence-electron chi connectivity index (χ0n) is 4.23. The SMILES string of the molecule is [O]=[Ti]([OH])[OH].[O]=[Zr]([O-])[O-].[Zn+2]. The van der Waals surface area contributed by atoms with Crippen LogP contribution in [0.25, 0.3) is 0 Å². The molecule has 0 aliphatic carbocycles. The fourth-order valence-electron chi connectivity index (χ4n) is 0. The molecule has 0 aliphatic rings. The first-order chi connectivity index (χ1) is 3.46. The van der Waals surface area contributed by atoms with Crippen molar-refractivity contribution in [1.29, 1.82) is 0 Å². The molecule has 2 N–H and O–H groups in total. The van der Waals surface area contributed by atoms with Gasteiger partial charge in [-0.25, -0.2) is 0 Å². The van der Waals surface area contributed by atoms with E-state index in [1.54, 1.807) is 0 Å². The third-order valence-corrected chi connectivity index (χ3v) is 0. The van der Waals surface area contributed by atoms with Gasteiger partial charge in [0.2, 0.25) is 0 Å². The molecular weight excluding hydrogens is 300 g/mol. The molecule has 0 aromatic carbocycles. The monoisotopic (exact) mass is 300 g/mol. The minimum atomic E-state index is -4.29. The third kappa shape index (κ3) is 206. The standard InChI is InChI=1S/2H2O.4O.Ti.Zn.Zr/h2*1H2;;;;;;;/q;;;;2*-1;2*+2;/p-2. The second kappa shape index (κ2) is 12.3. The molecule has 9 heavy (non-hydrogen) atoms. The van der Waals surface area contributed by atoms with Crippen LogP contribution < -0.4 is 6.37 Å². The Bertz CT molecular complexity index is 71.1. The van der Waals surface area contributed by atoms with Gasteiger partial charge in [-0.05, 0) is 0 Å². The maximum atomic E-state index is 8.81. The quantitative estimate of drug-likeness (QED) is 0.444. The van der Waals surface area contributed by atoms with Crippen LogP contribution in [0.4, 0.5) is 0 Å². The van der Waals surface area contributed by atoms with Crippen LogP contribution in [0.5, 0.6) is 0 Å². The minimum Gasteiger partial charge on any atom is 2.00 e. The average Bonchev–Trinajstić information content (AvgIpc) is 1.25. The van der Waals surface area contributed by atoms with Gasteiger partial charge in [-0.3, -0.25) is 0 Å². The van der Waals surface area contributed by atoms with Crippen molar-refractivity contribution in [3.05, 3.63) is 0 Å². The molecule has 0 rings (SSSR count). The van der Waals surface area contributed by atoms with Gasteiger partial charge in [-0.15, -0.1) is 0 Å². The van der Waals surface area contributed by atoms with Crippen LogP contribution in [0.3, 0.4) is 0 Å². The first kappa shape index (κ1) is 17.0. The smallest absolute Gasteiger partial charge is 2.00 e. The molecule has 9 heteroatoms. The van der Waals surface area contributed by atoms with Crippen LogP contribution in [0.15, 0.2) is 0 Å². The van der Waals surface area contributed by atoms with Gasteiger partial charge in [-0.1, -0.05) is 0 Å². The Hall–Kier alpha value is 1.66. The van der Waals surface area contributed by atoms with Crippen molar-refractivity contribution in [3.63, 3.8) is 0 Å². The molecule has 0 unspecified atom stereocenters. The first-order valence-corrected chi connectivity index (χ1v) is 6.31. The van der Waals surface area contributed by atoms with Crippen molar-refractivity contribution >= 4 is 0 Å². The average molecular weight is 302 g/mol. The molecule has 0 heterocycles. The number of hydrogen-bond acceptors (Lipinski definition) is 4. The van der Waals surface area contributed by atoms with E-state index >= 15 is 0 Å². The molecule has 0 aromatic rings. The van der Waals surface area contributed by atoms with Gasteiger partial charge in [-0.2, -0.15) is 0 Å². The molecule has 0 aromatic heterocycles. The van der Waals surface area contributed by atoms with Crippen LogP contribution in [-0.4, -0.2) is 7.38 Å². The summed E-state index contributed by atoms with van der Waals surface area (Å²) < 4.78 is 49.1. The van der Waals surface area contributed by atoms with E-state index in [4.69, 9.17) is 19.9 Å². The molecular formula is H2O6TiZnZr. The van der Waals surface area contributed by atoms with Crippen molar-refractivity contribution in [2.45, 2.75) is 0 Å². The van der Waals surface area contributed by atoms with E-state index in [9.17, 15) is 0 Å². The maximum Gasteiger partial charge on any atom is 2.00 e. The van der Waals surface area contributed by atoms with E-state index in [-0.39, 0.29) is 19.5 Å². The second-order valence-corrected chi connectivity index (χ2v) is 2.64. The van der Waals surface area contributed by atoms with E-state index in [1.807, 2.05) is 0 Å². The molecule has 6 nitrogen and oxygen atoms in total. The summed E-state index contributed by atoms with van der Waals surface area (Å²) in [6.07, 6.45) is 0. The van der Waals surface area contributed by atoms with Crippen molar-refractivity contribution < 1.29 is 80.6 Å². The summed E-state index contributed by atoms with van der Waals surface area (Å²) in [5.74, 6) is 0. The molecule has 0 aliphatic heterocycles. The molecule has 0 amide bonds. The summed E-state index contributed by atoms with van der Waals surface area (Å²) in [6.45, 7) is 0. The summed E-state index contributed by atoms with van der Waals surface area (Å²) in [4.78, 5) is 0.